The van der Waals surface area contributed by atoms with E-state index in [-0.39, 0.29) is 171 Å². The standard InChI is InChI=1S/C22H24N2O8.C14H8O4.C10H16N2O8.4Na.H2O/c1-7-8-5-4-6-9(25)11(8)16(26)12-10(7)17(27)14-15(24(2)3)18(28)13(21(23)31)20(30)22(14,32)19(12)29;15-10-6-5-9-11(14(10)18)13(17)8-4-2-1-3-7(8)12(9)16;13-7(14)3-11(4-8(15)16)1-2-12(5-9(17)18)6-10(19)20;;;;;/h4-7,10,14-15,17,25,27-29,32H,1-3H3,(H2,23,31);1-6,15,18H;1-6H2,(H,13,14)(H,15,16)(H,17,18)(H,19,20);;;;;1H2/q;;;4*+1;/p-4/t7-,10+,14+,15-,17-,22-;;;;;;;/m0......./s1. The van der Waals surface area contributed by atoms with Crippen LogP contribution in [0.4, 0.5) is 0 Å². The Hall–Kier alpha value is -4.07. The zero-order valence-electron chi connectivity index (χ0n) is 41.7. The SMILES string of the molecule is C[C@H]1c2cccc(O)c2C(=O)C2=C(O)[C@]3(O)C(=O)C(C(N)=O)=C(O)[C@@H](N(C)C)[C@@H]3[C@@H](O)[C@@H]21.O.O=C([O-])CN(CCN(CC(=O)[O-])CC(=O)[O-])CC(=O)[O-].O=C1c2ccccc2C(=O)c2c1ccc(O)c2O.[Na+].[Na+].[Na+].[Na+]. The molecule has 0 heterocycles. The predicted molar refractivity (Wildman–Crippen MR) is 229 cm³/mol. The Bertz CT molecular complexity index is 2740. The molecule has 29 heteroatoms. The molecule has 3 aromatic rings. The number of primary amides is 1. The third kappa shape index (κ3) is 14.5. The number of phenolic OH excluding ortho intramolecular Hbond substituents is 3. The molecule has 0 saturated carbocycles. The van der Waals surface area contributed by atoms with Gasteiger partial charge in [0.2, 0.25) is 5.78 Å². The summed E-state index contributed by atoms with van der Waals surface area (Å²) in [6.45, 7) is -1.57. The zero-order valence-corrected chi connectivity index (χ0v) is 49.7. The molecular formula is C46H46N4Na4O21. The number of carbonyl (C=O) groups is 9. The molecule has 0 bridgehead atoms. The van der Waals surface area contributed by atoms with Crippen LogP contribution < -0.4 is 144 Å². The number of nitrogens with two attached hydrogens (primary N) is 1. The molecule has 7 rings (SSSR count). The molecular weight excluding hydrogens is 1040 g/mol. The molecule has 6 atom stereocenters. The molecule has 0 fully saturated rings. The minimum Gasteiger partial charge on any atom is -0.549 e. The van der Waals surface area contributed by atoms with Gasteiger partial charge < -0.3 is 86.6 Å². The number of carbonyl (C=O) groups excluding carboxylic acids is 9. The molecule has 3 aromatic carbocycles. The summed E-state index contributed by atoms with van der Waals surface area (Å²) in [6.07, 6.45) is -1.59. The van der Waals surface area contributed by atoms with Crippen LogP contribution in [-0.2, 0) is 28.8 Å². The molecule has 0 unspecified atom stereocenters. The number of nitrogens with zero attached hydrogens (tertiary/aromatic N) is 3. The number of aliphatic carboxylic acids is 4. The van der Waals surface area contributed by atoms with E-state index < -0.39 is 143 Å². The van der Waals surface area contributed by atoms with Gasteiger partial charge in [-0.2, -0.15) is 0 Å². The maximum Gasteiger partial charge on any atom is 1.00 e. The van der Waals surface area contributed by atoms with Gasteiger partial charge in [0, 0.05) is 67.4 Å². The normalized spacial score (nSPS) is 20.7. The van der Waals surface area contributed by atoms with Crippen molar-refractivity contribution in [3.63, 3.8) is 0 Å². The van der Waals surface area contributed by atoms with Crippen LogP contribution in [0.2, 0.25) is 0 Å². The number of aromatic hydroxyl groups is 3. The van der Waals surface area contributed by atoms with E-state index in [0.717, 1.165) is 9.80 Å². The van der Waals surface area contributed by atoms with Gasteiger partial charge in [-0.05, 0) is 43.8 Å². The minimum atomic E-state index is -2.89. The van der Waals surface area contributed by atoms with Gasteiger partial charge in [-0.1, -0.05) is 43.3 Å². The number of likely N-dealkylation sites (N-methyl/N-ethyl adjacent to an activating group) is 1. The fourth-order valence-corrected chi connectivity index (χ4v) is 9.18. The van der Waals surface area contributed by atoms with Crippen molar-refractivity contribution >= 4 is 52.9 Å². The molecule has 4 aliphatic rings. The number of ketones is 4. The number of carboxylic acids is 4. The van der Waals surface area contributed by atoms with Crippen molar-refractivity contribution in [1.82, 2.24) is 14.7 Å². The van der Waals surface area contributed by atoms with E-state index >= 15 is 0 Å². The van der Waals surface area contributed by atoms with E-state index in [1.54, 1.807) is 37.3 Å². The molecule has 11 N–H and O–H groups in total. The number of amides is 1. The largest absolute Gasteiger partial charge is 1.00 e. The summed E-state index contributed by atoms with van der Waals surface area (Å²) in [4.78, 5) is 108. The van der Waals surface area contributed by atoms with Crippen LogP contribution in [0, 0.1) is 11.8 Å². The van der Waals surface area contributed by atoms with Crippen LogP contribution in [-0.4, -0.2) is 180 Å². The summed E-state index contributed by atoms with van der Waals surface area (Å²) < 4.78 is 0. The van der Waals surface area contributed by atoms with E-state index in [0.29, 0.717) is 11.1 Å². The Balaban J connectivity index is 0.00000112. The predicted octanol–water partition coefficient (Wildman–Crippen LogP) is -18.7. The first-order valence-corrected chi connectivity index (χ1v) is 20.8. The monoisotopic (exact) mass is 1080 g/mol. The number of aliphatic hydroxyl groups is 4. The van der Waals surface area contributed by atoms with Crippen molar-refractivity contribution in [2.45, 2.75) is 30.6 Å². The van der Waals surface area contributed by atoms with Crippen molar-refractivity contribution in [3.05, 3.63) is 111 Å². The average molecular weight is 1080 g/mol. The van der Waals surface area contributed by atoms with Gasteiger partial charge >= 0.3 is 118 Å². The van der Waals surface area contributed by atoms with Crippen LogP contribution in [0.3, 0.4) is 0 Å². The van der Waals surface area contributed by atoms with Gasteiger partial charge in [0.05, 0.1) is 53.1 Å². The number of hydrogen-bond donors (Lipinski definition) is 8. The topological polar surface area (TPSA) is 455 Å². The number of hydrogen-bond acceptors (Lipinski definition) is 23. The molecule has 0 spiro atoms. The van der Waals surface area contributed by atoms with E-state index in [1.165, 1.54) is 43.3 Å². The summed E-state index contributed by atoms with van der Waals surface area (Å²) in [5.41, 5.74) is 1.92. The Morgan fingerprint density at radius 2 is 1.11 bits per heavy atom. The van der Waals surface area contributed by atoms with Crippen LogP contribution in [0.25, 0.3) is 0 Å². The maximum atomic E-state index is 13.3. The third-order valence-corrected chi connectivity index (χ3v) is 12.2. The van der Waals surface area contributed by atoms with Gasteiger partial charge in [0.15, 0.2) is 34.4 Å². The second-order valence-electron chi connectivity index (χ2n) is 16.8. The van der Waals surface area contributed by atoms with Gasteiger partial charge in [0.25, 0.3) is 5.91 Å². The number of aliphatic hydroxyl groups excluding tert-OH is 3. The molecule has 75 heavy (non-hydrogen) atoms. The molecule has 0 radical (unpaired) electrons. The van der Waals surface area contributed by atoms with Crippen LogP contribution in [0.15, 0.2) is 77.3 Å². The molecule has 0 aromatic heterocycles. The fraction of sp³-hybridized carbons (Fsp3) is 0.326. The van der Waals surface area contributed by atoms with Crippen molar-refractivity contribution in [3.8, 4) is 17.2 Å². The number of phenols is 3. The maximum absolute atomic E-state index is 13.3. The molecule has 4 aliphatic carbocycles. The number of carboxylic acid groups (broad SMARTS) is 4. The molecule has 0 saturated heterocycles. The molecule has 0 aliphatic heterocycles. The minimum absolute atomic E-state index is 0. The van der Waals surface area contributed by atoms with E-state index in [2.05, 4.69) is 0 Å². The van der Waals surface area contributed by atoms with E-state index in [1.807, 2.05) is 0 Å². The van der Waals surface area contributed by atoms with Gasteiger partial charge in [-0.15, -0.1) is 0 Å². The summed E-state index contributed by atoms with van der Waals surface area (Å²) in [7, 11) is 2.98. The smallest absolute Gasteiger partial charge is 0.549 e. The Labute approximate surface area is 514 Å². The zero-order chi connectivity index (χ0) is 52.4. The summed E-state index contributed by atoms with van der Waals surface area (Å²) in [6, 6.07) is 12.1. The Morgan fingerprint density at radius 1 is 0.640 bits per heavy atom. The number of fused-ring (bicyclic) bond motifs is 5. The van der Waals surface area contributed by atoms with Gasteiger partial charge in [-0.25, -0.2) is 0 Å². The first kappa shape index (κ1) is 70.9. The van der Waals surface area contributed by atoms with E-state index in [4.69, 9.17) is 5.73 Å². The molecule has 380 valence electrons. The van der Waals surface area contributed by atoms with Crippen molar-refractivity contribution in [2.75, 3.05) is 53.4 Å². The number of benzene rings is 3. The van der Waals surface area contributed by atoms with Crippen molar-refractivity contribution in [2.24, 2.45) is 17.6 Å². The summed E-state index contributed by atoms with van der Waals surface area (Å²) in [5, 5.41) is 116. The number of rotatable bonds is 13. The second-order valence-corrected chi connectivity index (χ2v) is 16.8. The van der Waals surface area contributed by atoms with Crippen molar-refractivity contribution in [1.29, 1.82) is 0 Å². The van der Waals surface area contributed by atoms with Gasteiger partial charge in [-0.3, -0.25) is 38.7 Å². The first-order chi connectivity index (χ1) is 32.7. The fourth-order valence-electron chi connectivity index (χ4n) is 9.18. The average Bonchev–Trinajstić information content (AvgIpc) is 3.26. The summed E-state index contributed by atoms with van der Waals surface area (Å²) >= 11 is 0. The summed E-state index contributed by atoms with van der Waals surface area (Å²) in [5.74, 6) is -16.7. The van der Waals surface area contributed by atoms with E-state index in [9.17, 15) is 99.3 Å². The first-order valence-electron chi connectivity index (χ1n) is 20.8. The van der Waals surface area contributed by atoms with Crippen LogP contribution in [0.5, 0.6) is 17.2 Å². The van der Waals surface area contributed by atoms with Crippen molar-refractivity contribution < 1.29 is 223 Å². The number of Topliss-reactive ketones (excluding diaryl/α,β-unsaturated/α-hetero) is 2. The molecule has 25 nitrogen and oxygen atoms in total. The Kier molecular flexibility index (Phi) is 27.5. The second kappa shape index (κ2) is 29.1. The third-order valence-electron chi connectivity index (χ3n) is 12.2. The van der Waals surface area contributed by atoms with Crippen LogP contribution in [0.1, 0.15) is 60.6 Å². The van der Waals surface area contributed by atoms with Gasteiger partial charge in [0.1, 0.15) is 22.8 Å². The molecule has 1 amide bonds. The Morgan fingerprint density at radius 3 is 1.55 bits per heavy atom. The van der Waals surface area contributed by atoms with Crippen LogP contribution >= 0.6 is 0 Å². The quantitative estimate of drug-likeness (QED) is 0.0350.